The minimum Gasteiger partial charge on any atom is -0.398 e. The molecule has 4 rings (SSSR count). The zero-order chi connectivity index (χ0) is 17.2. The SMILES string of the molecule is CC1CCC(Nc2ccc(N)c(C3CCCC3)c2)C=C1C1CCCC1. The molecular weight excluding hydrogens is 304 g/mol. The Labute approximate surface area is 153 Å². The summed E-state index contributed by atoms with van der Waals surface area (Å²) in [7, 11) is 0. The van der Waals surface area contributed by atoms with Crippen LogP contribution in [0.4, 0.5) is 11.4 Å². The van der Waals surface area contributed by atoms with Crippen LogP contribution < -0.4 is 11.1 Å². The fourth-order valence-corrected chi connectivity index (χ4v) is 5.46. The van der Waals surface area contributed by atoms with Gasteiger partial charge < -0.3 is 11.1 Å². The average Bonchev–Trinajstić information content (AvgIpc) is 3.31. The second-order valence-corrected chi connectivity index (χ2v) is 8.70. The van der Waals surface area contributed by atoms with Gasteiger partial charge in [0, 0.05) is 17.4 Å². The van der Waals surface area contributed by atoms with Crippen LogP contribution in [0.2, 0.25) is 0 Å². The Hall–Kier alpha value is -1.44. The lowest BCUT2D eigenvalue weighted by Crippen LogP contribution is -2.26. The molecule has 0 aliphatic heterocycles. The van der Waals surface area contributed by atoms with E-state index < -0.39 is 0 Å². The number of benzene rings is 1. The standard InChI is InChI=1S/C23H34N2/c1-16-10-11-19(14-21(16)17-6-2-3-7-17)25-20-12-13-23(24)22(15-20)18-8-4-5-9-18/h12-19,25H,2-11,24H2,1H3. The fourth-order valence-electron chi connectivity index (χ4n) is 5.46. The lowest BCUT2D eigenvalue weighted by molar-refractivity contribution is 0.457. The molecule has 0 amide bonds. The third-order valence-electron chi connectivity index (χ3n) is 6.93. The first-order valence-electron chi connectivity index (χ1n) is 10.6. The summed E-state index contributed by atoms with van der Waals surface area (Å²) in [6, 6.07) is 7.12. The first kappa shape index (κ1) is 17.0. The van der Waals surface area contributed by atoms with E-state index in [0.717, 1.165) is 17.5 Å². The predicted octanol–water partition coefficient (Wildman–Crippen LogP) is 6.25. The molecule has 3 aliphatic rings. The van der Waals surface area contributed by atoms with Gasteiger partial charge in [0.25, 0.3) is 0 Å². The van der Waals surface area contributed by atoms with Crippen LogP contribution in [0.15, 0.2) is 29.8 Å². The quantitative estimate of drug-likeness (QED) is 0.503. The van der Waals surface area contributed by atoms with Gasteiger partial charge in [0.2, 0.25) is 0 Å². The minimum atomic E-state index is 0.492. The van der Waals surface area contributed by atoms with Crippen molar-refractivity contribution in [1.29, 1.82) is 0 Å². The molecule has 2 saturated carbocycles. The van der Waals surface area contributed by atoms with E-state index in [2.05, 4.69) is 36.5 Å². The van der Waals surface area contributed by atoms with Crippen molar-refractivity contribution in [1.82, 2.24) is 0 Å². The van der Waals surface area contributed by atoms with E-state index in [1.54, 1.807) is 5.57 Å². The summed E-state index contributed by atoms with van der Waals surface area (Å²) >= 11 is 0. The van der Waals surface area contributed by atoms with E-state index in [0.29, 0.717) is 12.0 Å². The van der Waals surface area contributed by atoms with Crippen molar-refractivity contribution < 1.29 is 0 Å². The summed E-state index contributed by atoms with van der Waals surface area (Å²) in [5.74, 6) is 2.32. The molecule has 1 aromatic carbocycles. The smallest absolute Gasteiger partial charge is 0.0447 e. The van der Waals surface area contributed by atoms with Crippen LogP contribution in [0, 0.1) is 11.8 Å². The number of rotatable bonds is 4. The molecular formula is C23H34N2. The molecule has 25 heavy (non-hydrogen) atoms. The highest BCUT2D eigenvalue weighted by Crippen LogP contribution is 2.40. The Kier molecular flexibility index (Phi) is 5.05. The van der Waals surface area contributed by atoms with E-state index in [4.69, 9.17) is 5.73 Å². The molecule has 2 atom stereocenters. The monoisotopic (exact) mass is 338 g/mol. The van der Waals surface area contributed by atoms with Crippen molar-refractivity contribution in [2.45, 2.75) is 83.1 Å². The number of nitrogen functional groups attached to an aromatic ring is 1. The van der Waals surface area contributed by atoms with Crippen LogP contribution in [-0.2, 0) is 0 Å². The first-order chi connectivity index (χ1) is 12.2. The van der Waals surface area contributed by atoms with Crippen molar-refractivity contribution in [3.8, 4) is 0 Å². The Bertz CT molecular complexity index is 621. The van der Waals surface area contributed by atoms with Gasteiger partial charge in [-0.1, -0.05) is 44.3 Å². The number of anilines is 2. The predicted molar refractivity (Wildman–Crippen MR) is 108 cm³/mol. The number of allylic oxidation sites excluding steroid dienone is 1. The third-order valence-corrected chi connectivity index (χ3v) is 6.93. The molecule has 3 aliphatic carbocycles. The van der Waals surface area contributed by atoms with Gasteiger partial charge in [-0.3, -0.25) is 0 Å². The van der Waals surface area contributed by atoms with Crippen LogP contribution >= 0.6 is 0 Å². The number of hydrogen-bond acceptors (Lipinski definition) is 2. The highest BCUT2D eigenvalue weighted by atomic mass is 14.9. The Morgan fingerprint density at radius 1 is 0.880 bits per heavy atom. The molecule has 0 radical (unpaired) electrons. The largest absolute Gasteiger partial charge is 0.398 e. The van der Waals surface area contributed by atoms with Crippen LogP contribution in [0.1, 0.15) is 82.6 Å². The van der Waals surface area contributed by atoms with Gasteiger partial charge in [0.05, 0.1) is 0 Å². The van der Waals surface area contributed by atoms with Crippen molar-refractivity contribution >= 4 is 11.4 Å². The van der Waals surface area contributed by atoms with Crippen LogP contribution in [0.25, 0.3) is 0 Å². The van der Waals surface area contributed by atoms with Crippen molar-refractivity contribution in [3.63, 3.8) is 0 Å². The Morgan fingerprint density at radius 3 is 2.28 bits per heavy atom. The topological polar surface area (TPSA) is 38.0 Å². The molecule has 0 saturated heterocycles. The van der Waals surface area contributed by atoms with Crippen LogP contribution in [0.3, 0.4) is 0 Å². The second kappa shape index (κ2) is 7.43. The van der Waals surface area contributed by atoms with Gasteiger partial charge >= 0.3 is 0 Å². The average molecular weight is 339 g/mol. The maximum absolute atomic E-state index is 6.29. The highest BCUT2D eigenvalue weighted by Gasteiger charge is 2.27. The molecule has 2 nitrogen and oxygen atoms in total. The van der Waals surface area contributed by atoms with Crippen molar-refractivity contribution in [3.05, 3.63) is 35.4 Å². The minimum absolute atomic E-state index is 0.492. The first-order valence-corrected chi connectivity index (χ1v) is 10.6. The lowest BCUT2D eigenvalue weighted by Gasteiger charge is -2.31. The normalized spacial score (nSPS) is 28.3. The zero-order valence-corrected chi connectivity index (χ0v) is 15.8. The van der Waals surface area contributed by atoms with E-state index in [-0.39, 0.29) is 0 Å². The van der Waals surface area contributed by atoms with Crippen molar-refractivity contribution in [2.24, 2.45) is 11.8 Å². The molecule has 2 fully saturated rings. The fraction of sp³-hybridized carbons (Fsp3) is 0.652. The van der Waals surface area contributed by atoms with E-state index >= 15 is 0 Å². The van der Waals surface area contributed by atoms with Crippen LogP contribution in [0.5, 0.6) is 0 Å². The number of hydrogen-bond donors (Lipinski definition) is 2. The summed E-state index contributed by atoms with van der Waals surface area (Å²) in [6.45, 7) is 2.43. The molecule has 3 N–H and O–H groups in total. The maximum atomic E-state index is 6.29. The summed E-state index contributed by atoms with van der Waals surface area (Å²) < 4.78 is 0. The summed E-state index contributed by atoms with van der Waals surface area (Å²) in [5, 5.41) is 3.81. The lowest BCUT2D eigenvalue weighted by atomic mass is 9.79. The van der Waals surface area contributed by atoms with Gasteiger partial charge in [-0.05, 0) is 80.0 Å². The molecule has 0 aromatic heterocycles. The van der Waals surface area contributed by atoms with Gasteiger partial charge in [-0.25, -0.2) is 0 Å². The maximum Gasteiger partial charge on any atom is 0.0447 e. The Morgan fingerprint density at radius 2 is 1.56 bits per heavy atom. The third kappa shape index (κ3) is 3.73. The second-order valence-electron chi connectivity index (χ2n) is 8.70. The van der Waals surface area contributed by atoms with Gasteiger partial charge in [0.15, 0.2) is 0 Å². The summed E-state index contributed by atoms with van der Waals surface area (Å²) in [6.07, 6.45) is 16.2. The molecule has 136 valence electrons. The van der Waals surface area contributed by atoms with Gasteiger partial charge in [0.1, 0.15) is 0 Å². The number of nitrogens with two attached hydrogens (primary N) is 1. The molecule has 1 aromatic rings. The van der Waals surface area contributed by atoms with Gasteiger partial charge in [-0.15, -0.1) is 0 Å². The molecule has 2 unspecified atom stereocenters. The zero-order valence-electron chi connectivity index (χ0n) is 15.8. The van der Waals surface area contributed by atoms with Crippen LogP contribution in [-0.4, -0.2) is 6.04 Å². The summed E-state index contributed by atoms with van der Waals surface area (Å²) in [5.41, 5.74) is 11.7. The molecule has 0 heterocycles. The van der Waals surface area contributed by atoms with Crippen molar-refractivity contribution in [2.75, 3.05) is 11.1 Å². The molecule has 0 spiro atoms. The molecule has 2 heteroatoms. The van der Waals surface area contributed by atoms with E-state index in [1.165, 1.54) is 75.5 Å². The summed E-state index contributed by atoms with van der Waals surface area (Å²) in [4.78, 5) is 0. The van der Waals surface area contributed by atoms with E-state index in [1.807, 2.05) is 0 Å². The van der Waals surface area contributed by atoms with Gasteiger partial charge in [-0.2, -0.15) is 0 Å². The Balaban J connectivity index is 1.50. The molecule has 0 bridgehead atoms. The number of nitrogens with one attached hydrogen (secondary N) is 1. The highest BCUT2D eigenvalue weighted by molar-refractivity contribution is 5.59. The van der Waals surface area contributed by atoms with E-state index in [9.17, 15) is 0 Å².